The van der Waals surface area contributed by atoms with Crippen molar-refractivity contribution in [1.82, 2.24) is 4.72 Å². The van der Waals surface area contributed by atoms with E-state index >= 15 is 0 Å². The van der Waals surface area contributed by atoms with Crippen molar-refractivity contribution in [2.75, 3.05) is 12.4 Å². The molecule has 0 aliphatic rings. The number of hydrogen-bond acceptors (Lipinski definition) is 5. The van der Waals surface area contributed by atoms with Crippen LogP contribution in [0, 0.1) is 6.92 Å². The van der Waals surface area contributed by atoms with Gasteiger partial charge in [0.2, 0.25) is 10.0 Å². The zero-order valence-corrected chi connectivity index (χ0v) is 16.2. The van der Waals surface area contributed by atoms with Gasteiger partial charge in [0.25, 0.3) is 5.91 Å². The van der Waals surface area contributed by atoms with E-state index in [1.165, 1.54) is 13.1 Å². The molecule has 146 valence electrons. The van der Waals surface area contributed by atoms with Gasteiger partial charge in [-0.3, -0.25) is 4.79 Å². The molecule has 3 rings (SSSR count). The number of carbonyl (C=O) groups is 1. The van der Waals surface area contributed by atoms with Crippen LogP contribution in [-0.4, -0.2) is 21.4 Å². The van der Waals surface area contributed by atoms with Crippen molar-refractivity contribution in [3.63, 3.8) is 0 Å². The highest BCUT2D eigenvalue weighted by Gasteiger charge is 2.17. The van der Waals surface area contributed by atoms with E-state index < -0.39 is 15.9 Å². The lowest BCUT2D eigenvalue weighted by Crippen LogP contribution is -2.20. The maximum absolute atomic E-state index is 12.4. The van der Waals surface area contributed by atoms with Gasteiger partial charge in [-0.25, -0.2) is 13.1 Å². The zero-order valence-electron chi connectivity index (χ0n) is 15.4. The molecule has 2 aromatic carbocycles. The Morgan fingerprint density at radius 1 is 1.07 bits per heavy atom. The molecule has 1 heterocycles. The number of benzene rings is 2. The molecule has 0 saturated carbocycles. The van der Waals surface area contributed by atoms with Crippen molar-refractivity contribution in [1.29, 1.82) is 0 Å². The third-order valence-electron chi connectivity index (χ3n) is 4.01. The SMILES string of the molecule is CNS(=O)(=O)c1cc(NC(=O)c2ccc(COc3ccccc3)o2)ccc1C. The zero-order chi connectivity index (χ0) is 20.1. The molecule has 2 N–H and O–H groups in total. The van der Waals surface area contributed by atoms with Crippen LogP contribution in [0.5, 0.6) is 5.75 Å². The van der Waals surface area contributed by atoms with Crippen molar-refractivity contribution in [2.45, 2.75) is 18.4 Å². The molecule has 1 aromatic heterocycles. The molecular formula is C20H20N2O5S. The summed E-state index contributed by atoms with van der Waals surface area (Å²) in [6, 6.07) is 17.1. The lowest BCUT2D eigenvalue weighted by Gasteiger charge is -2.09. The molecule has 8 heteroatoms. The van der Waals surface area contributed by atoms with Gasteiger partial charge in [0.1, 0.15) is 18.1 Å². The first-order chi connectivity index (χ1) is 13.4. The Morgan fingerprint density at radius 3 is 2.54 bits per heavy atom. The molecule has 0 aliphatic carbocycles. The Kier molecular flexibility index (Phi) is 5.81. The van der Waals surface area contributed by atoms with E-state index in [1.807, 2.05) is 30.3 Å². The number of nitrogens with one attached hydrogen (secondary N) is 2. The molecule has 7 nitrogen and oxygen atoms in total. The van der Waals surface area contributed by atoms with Gasteiger partial charge in [-0.1, -0.05) is 24.3 Å². The minimum atomic E-state index is -3.62. The summed E-state index contributed by atoms with van der Waals surface area (Å²) in [5.74, 6) is 0.812. The summed E-state index contributed by atoms with van der Waals surface area (Å²) in [4.78, 5) is 12.5. The van der Waals surface area contributed by atoms with Crippen molar-refractivity contribution in [3.8, 4) is 5.75 Å². The van der Waals surface area contributed by atoms with E-state index in [4.69, 9.17) is 9.15 Å². The van der Waals surface area contributed by atoms with E-state index in [0.29, 0.717) is 22.8 Å². The molecule has 0 saturated heterocycles. The molecule has 0 aliphatic heterocycles. The second-order valence-corrected chi connectivity index (χ2v) is 7.86. The minimum absolute atomic E-state index is 0.101. The molecule has 1 amide bonds. The summed E-state index contributed by atoms with van der Waals surface area (Å²) in [5, 5.41) is 2.64. The maximum Gasteiger partial charge on any atom is 0.291 e. The number of ether oxygens (including phenoxy) is 1. The van der Waals surface area contributed by atoms with E-state index in [9.17, 15) is 13.2 Å². The highest BCUT2D eigenvalue weighted by Crippen LogP contribution is 2.21. The summed E-state index contributed by atoms with van der Waals surface area (Å²) in [6.07, 6.45) is 0. The number of amides is 1. The van der Waals surface area contributed by atoms with Crippen LogP contribution in [-0.2, 0) is 16.6 Å². The summed E-state index contributed by atoms with van der Waals surface area (Å²) in [7, 11) is -2.29. The van der Waals surface area contributed by atoms with Crippen molar-refractivity contribution in [3.05, 3.63) is 77.7 Å². The molecule has 0 bridgehead atoms. The van der Waals surface area contributed by atoms with E-state index in [0.717, 1.165) is 0 Å². The first-order valence-electron chi connectivity index (χ1n) is 8.51. The van der Waals surface area contributed by atoms with Crippen LogP contribution in [0.4, 0.5) is 5.69 Å². The Hall–Kier alpha value is -3.10. The third-order valence-corrected chi connectivity index (χ3v) is 5.57. The van der Waals surface area contributed by atoms with E-state index in [1.54, 1.807) is 31.2 Å². The standard InChI is InChI=1S/C20H20N2O5S/c1-14-8-9-15(12-19(14)28(24,25)21-2)22-20(23)18-11-10-17(27-18)13-26-16-6-4-3-5-7-16/h3-12,21H,13H2,1-2H3,(H,22,23). The fourth-order valence-electron chi connectivity index (χ4n) is 2.52. The van der Waals surface area contributed by atoms with Gasteiger partial charge in [0.05, 0.1) is 4.90 Å². The van der Waals surface area contributed by atoms with Crippen molar-refractivity contribution >= 4 is 21.6 Å². The number of anilines is 1. The predicted molar refractivity (Wildman–Crippen MR) is 105 cm³/mol. The Morgan fingerprint density at radius 2 is 1.82 bits per heavy atom. The van der Waals surface area contributed by atoms with Gasteiger partial charge in [0, 0.05) is 5.69 Å². The van der Waals surface area contributed by atoms with Gasteiger partial charge >= 0.3 is 0 Å². The summed E-state index contributed by atoms with van der Waals surface area (Å²) < 4.78 is 37.5. The lowest BCUT2D eigenvalue weighted by molar-refractivity contribution is 0.0992. The summed E-state index contributed by atoms with van der Waals surface area (Å²) in [6.45, 7) is 1.87. The fourth-order valence-corrected chi connectivity index (χ4v) is 3.51. The predicted octanol–water partition coefficient (Wildman–Crippen LogP) is 3.33. The van der Waals surface area contributed by atoms with Crippen molar-refractivity contribution < 1.29 is 22.4 Å². The van der Waals surface area contributed by atoms with Gasteiger partial charge in [-0.15, -0.1) is 0 Å². The highest BCUT2D eigenvalue weighted by molar-refractivity contribution is 7.89. The molecule has 0 atom stereocenters. The first kappa shape index (κ1) is 19.7. The maximum atomic E-state index is 12.4. The van der Waals surface area contributed by atoms with Gasteiger partial charge < -0.3 is 14.5 Å². The van der Waals surface area contributed by atoms with Crippen LogP contribution < -0.4 is 14.8 Å². The normalized spacial score (nSPS) is 11.2. The lowest BCUT2D eigenvalue weighted by atomic mass is 10.2. The molecule has 0 fully saturated rings. The average Bonchev–Trinajstić information content (AvgIpc) is 3.18. The van der Waals surface area contributed by atoms with Crippen LogP contribution >= 0.6 is 0 Å². The third kappa shape index (κ3) is 4.59. The molecule has 28 heavy (non-hydrogen) atoms. The number of carbonyl (C=O) groups excluding carboxylic acids is 1. The van der Waals surface area contributed by atoms with Crippen LogP contribution in [0.3, 0.4) is 0 Å². The molecule has 3 aromatic rings. The average molecular weight is 400 g/mol. The second-order valence-electron chi connectivity index (χ2n) is 6.01. The number of aryl methyl sites for hydroxylation is 1. The molecular weight excluding hydrogens is 380 g/mol. The Balaban J connectivity index is 1.69. The topological polar surface area (TPSA) is 97.6 Å². The molecule has 0 spiro atoms. The number of furan rings is 1. The van der Waals surface area contributed by atoms with Crippen LogP contribution in [0.15, 0.2) is 70.0 Å². The van der Waals surface area contributed by atoms with Gasteiger partial charge in [-0.05, 0) is 55.9 Å². The van der Waals surface area contributed by atoms with E-state index in [2.05, 4.69) is 10.0 Å². The first-order valence-corrected chi connectivity index (χ1v) is 9.99. The molecule has 0 radical (unpaired) electrons. The van der Waals surface area contributed by atoms with Gasteiger partial charge in [0.15, 0.2) is 5.76 Å². The molecule has 0 unspecified atom stereocenters. The Bertz CT molecular complexity index is 1070. The van der Waals surface area contributed by atoms with Gasteiger partial charge in [-0.2, -0.15) is 0 Å². The highest BCUT2D eigenvalue weighted by atomic mass is 32.2. The summed E-state index contributed by atoms with van der Waals surface area (Å²) in [5.41, 5.74) is 0.925. The monoisotopic (exact) mass is 400 g/mol. The van der Waals surface area contributed by atoms with Crippen LogP contribution in [0.25, 0.3) is 0 Å². The number of hydrogen-bond donors (Lipinski definition) is 2. The van der Waals surface area contributed by atoms with Crippen LogP contribution in [0.2, 0.25) is 0 Å². The van der Waals surface area contributed by atoms with E-state index in [-0.39, 0.29) is 17.3 Å². The number of sulfonamides is 1. The van der Waals surface area contributed by atoms with Crippen LogP contribution in [0.1, 0.15) is 21.9 Å². The quantitative estimate of drug-likeness (QED) is 0.634. The second kappa shape index (κ2) is 8.28. The summed E-state index contributed by atoms with van der Waals surface area (Å²) >= 11 is 0. The van der Waals surface area contributed by atoms with Crippen molar-refractivity contribution in [2.24, 2.45) is 0 Å². The largest absolute Gasteiger partial charge is 0.486 e. The smallest absolute Gasteiger partial charge is 0.291 e. The Labute approximate surface area is 163 Å². The number of para-hydroxylation sites is 1. The fraction of sp³-hybridized carbons (Fsp3) is 0.150. The minimum Gasteiger partial charge on any atom is -0.486 e. The number of rotatable bonds is 7.